The highest BCUT2D eigenvalue weighted by molar-refractivity contribution is 7.22. The van der Waals surface area contributed by atoms with Crippen molar-refractivity contribution in [2.45, 2.75) is 6.42 Å². The normalized spacial score (nSPS) is 19.9. The number of benzene rings is 1. The molecule has 7 heteroatoms. The minimum absolute atomic E-state index is 0.0682. The second kappa shape index (κ2) is 5.01. The van der Waals surface area contributed by atoms with Crippen molar-refractivity contribution in [1.29, 1.82) is 0 Å². The molecule has 4 rings (SSSR count). The second-order valence-electron chi connectivity index (χ2n) is 5.83. The van der Waals surface area contributed by atoms with Crippen molar-refractivity contribution in [3.05, 3.63) is 12.1 Å². The smallest absolute Gasteiger partial charge is 0.231 e. The Hall–Kier alpha value is -2.02. The quantitative estimate of drug-likeness (QED) is 0.847. The molecule has 0 aliphatic carbocycles. The summed E-state index contributed by atoms with van der Waals surface area (Å²) in [6.45, 7) is 1.89. The molecule has 0 spiro atoms. The maximum Gasteiger partial charge on any atom is 0.231 e. The van der Waals surface area contributed by atoms with E-state index in [1.165, 1.54) is 0 Å². The van der Waals surface area contributed by atoms with Gasteiger partial charge in [0.05, 0.1) is 16.1 Å². The van der Waals surface area contributed by atoms with Crippen LogP contribution in [0.5, 0.6) is 11.5 Å². The molecule has 1 atom stereocenters. The molecule has 2 aliphatic rings. The number of fused-ring (bicyclic) bond motifs is 2. The molecular weight excluding hydrogens is 302 g/mol. The maximum absolute atomic E-state index is 12.1. The molecule has 1 fully saturated rings. The first-order valence-electron chi connectivity index (χ1n) is 7.28. The molecule has 0 saturated carbocycles. The number of rotatable bonds is 2. The summed E-state index contributed by atoms with van der Waals surface area (Å²) >= 11 is 1.64. The van der Waals surface area contributed by atoms with Gasteiger partial charge in [-0.3, -0.25) is 4.79 Å². The molecule has 3 heterocycles. The molecular formula is C15H17N3O3S. The average molecular weight is 319 g/mol. The van der Waals surface area contributed by atoms with Gasteiger partial charge in [-0.05, 0) is 6.42 Å². The highest BCUT2D eigenvalue weighted by Gasteiger charge is 2.31. The summed E-state index contributed by atoms with van der Waals surface area (Å²) < 4.78 is 11.9. The van der Waals surface area contributed by atoms with Crippen LogP contribution in [-0.4, -0.2) is 49.8 Å². The van der Waals surface area contributed by atoms with Crippen LogP contribution in [0.25, 0.3) is 10.2 Å². The van der Waals surface area contributed by atoms with Gasteiger partial charge in [-0.1, -0.05) is 11.3 Å². The van der Waals surface area contributed by atoms with Gasteiger partial charge in [0.15, 0.2) is 16.6 Å². The molecule has 2 aliphatic heterocycles. The first-order chi connectivity index (χ1) is 10.6. The number of thiazole rings is 1. The van der Waals surface area contributed by atoms with Crippen LogP contribution in [0.4, 0.5) is 5.13 Å². The van der Waals surface area contributed by atoms with E-state index in [-0.39, 0.29) is 18.6 Å². The lowest BCUT2D eigenvalue weighted by Gasteiger charge is -2.17. The van der Waals surface area contributed by atoms with E-state index in [9.17, 15) is 4.79 Å². The molecule has 2 aromatic rings. The Labute approximate surface area is 132 Å². The monoisotopic (exact) mass is 319 g/mol. The number of hydrogen-bond acceptors (Lipinski definition) is 6. The third-order valence-electron chi connectivity index (χ3n) is 4.12. The molecule has 0 N–H and O–H groups in total. The zero-order chi connectivity index (χ0) is 15.3. The van der Waals surface area contributed by atoms with Gasteiger partial charge in [0.25, 0.3) is 0 Å². The van der Waals surface area contributed by atoms with Crippen LogP contribution < -0.4 is 14.4 Å². The fourth-order valence-corrected chi connectivity index (χ4v) is 3.95. The maximum atomic E-state index is 12.1. The van der Waals surface area contributed by atoms with Crippen LogP contribution in [0.15, 0.2) is 12.1 Å². The predicted octanol–water partition coefficient (Wildman–Crippen LogP) is 1.94. The highest BCUT2D eigenvalue weighted by atomic mass is 32.1. The van der Waals surface area contributed by atoms with Crippen LogP contribution in [0.3, 0.4) is 0 Å². The van der Waals surface area contributed by atoms with Crippen LogP contribution in [0.1, 0.15) is 6.42 Å². The first-order valence-corrected chi connectivity index (χ1v) is 8.10. The summed E-state index contributed by atoms with van der Waals surface area (Å²) in [6.07, 6.45) is 0.885. The number of ether oxygens (including phenoxy) is 2. The van der Waals surface area contributed by atoms with E-state index in [0.717, 1.165) is 46.4 Å². The Balaban J connectivity index is 1.59. The molecule has 22 heavy (non-hydrogen) atoms. The zero-order valence-electron chi connectivity index (χ0n) is 12.5. The van der Waals surface area contributed by atoms with E-state index in [1.807, 2.05) is 26.2 Å². The molecule has 1 unspecified atom stereocenters. The molecule has 0 bridgehead atoms. The Morgan fingerprint density at radius 2 is 2.14 bits per heavy atom. The van der Waals surface area contributed by atoms with E-state index in [0.29, 0.717) is 0 Å². The first kappa shape index (κ1) is 13.6. The van der Waals surface area contributed by atoms with Crippen LogP contribution in [0, 0.1) is 5.92 Å². The highest BCUT2D eigenvalue weighted by Crippen LogP contribution is 2.40. The SMILES string of the molecule is CN(C)C(=O)C1CCN(c2nc3cc4c(cc3s2)OCO4)C1. The summed E-state index contributed by atoms with van der Waals surface area (Å²) in [5.74, 6) is 1.80. The second-order valence-corrected chi connectivity index (χ2v) is 6.84. The zero-order valence-corrected chi connectivity index (χ0v) is 13.4. The van der Waals surface area contributed by atoms with Gasteiger partial charge in [0.1, 0.15) is 0 Å². The van der Waals surface area contributed by atoms with Crippen molar-refractivity contribution < 1.29 is 14.3 Å². The molecule has 1 saturated heterocycles. The van der Waals surface area contributed by atoms with Gasteiger partial charge < -0.3 is 19.3 Å². The van der Waals surface area contributed by atoms with Gasteiger partial charge in [0.2, 0.25) is 12.7 Å². The number of nitrogens with zero attached hydrogens (tertiary/aromatic N) is 3. The largest absolute Gasteiger partial charge is 0.454 e. The lowest BCUT2D eigenvalue weighted by atomic mass is 10.1. The minimum atomic E-state index is 0.0682. The number of aromatic nitrogens is 1. The lowest BCUT2D eigenvalue weighted by Crippen LogP contribution is -2.31. The predicted molar refractivity (Wildman–Crippen MR) is 84.8 cm³/mol. The molecule has 0 radical (unpaired) electrons. The Morgan fingerprint density at radius 3 is 2.91 bits per heavy atom. The van der Waals surface area contributed by atoms with Crippen LogP contribution >= 0.6 is 11.3 Å². The summed E-state index contributed by atoms with van der Waals surface area (Å²) in [4.78, 5) is 20.6. The third-order valence-corrected chi connectivity index (χ3v) is 5.20. The molecule has 1 aromatic heterocycles. The molecule has 1 aromatic carbocycles. The number of anilines is 1. The van der Waals surface area contributed by atoms with Gasteiger partial charge in [-0.15, -0.1) is 0 Å². The van der Waals surface area contributed by atoms with Gasteiger partial charge in [-0.2, -0.15) is 0 Å². The van der Waals surface area contributed by atoms with E-state index in [1.54, 1.807) is 16.2 Å². The standard InChI is InChI=1S/C15H17N3O3S/c1-17(2)14(19)9-3-4-18(7-9)15-16-10-5-11-12(21-8-20-11)6-13(10)22-15/h5-6,9H,3-4,7-8H2,1-2H3. The van der Waals surface area contributed by atoms with Crippen LogP contribution in [-0.2, 0) is 4.79 Å². The minimum Gasteiger partial charge on any atom is -0.454 e. The summed E-state index contributed by atoms with van der Waals surface area (Å²) in [5.41, 5.74) is 0.923. The average Bonchev–Trinajstić information content (AvgIpc) is 3.21. The number of carbonyl (C=O) groups is 1. The lowest BCUT2D eigenvalue weighted by molar-refractivity contribution is -0.132. The Kier molecular flexibility index (Phi) is 3.11. The summed E-state index contributed by atoms with van der Waals surface area (Å²) in [6, 6.07) is 3.91. The Morgan fingerprint density at radius 1 is 1.36 bits per heavy atom. The van der Waals surface area contributed by atoms with Crippen molar-refractivity contribution in [3.8, 4) is 11.5 Å². The van der Waals surface area contributed by atoms with Crippen molar-refractivity contribution in [2.75, 3.05) is 38.9 Å². The summed E-state index contributed by atoms with van der Waals surface area (Å²) in [7, 11) is 3.62. The fourth-order valence-electron chi connectivity index (χ4n) is 2.94. The van der Waals surface area contributed by atoms with Gasteiger partial charge in [-0.25, -0.2) is 4.98 Å². The number of amides is 1. The summed E-state index contributed by atoms with van der Waals surface area (Å²) in [5, 5.41) is 0.965. The van der Waals surface area contributed by atoms with Crippen molar-refractivity contribution in [1.82, 2.24) is 9.88 Å². The molecule has 116 valence electrons. The van der Waals surface area contributed by atoms with Crippen molar-refractivity contribution in [2.24, 2.45) is 5.92 Å². The topological polar surface area (TPSA) is 54.9 Å². The van der Waals surface area contributed by atoms with E-state index in [4.69, 9.17) is 14.5 Å². The van der Waals surface area contributed by atoms with Crippen molar-refractivity contribution >= 4 is 32.6 Å². The molecule has 6 nitrogen and oxygen atoms in total. The van der Waals surface area contributed by atoms with Crippen molar-refractivity contribution in [3.63, 3.8) is 0 Å². The Bertz CT molecular complexity index is 702. The number of hydrogen-bond donors (Lipinski definition) is 0. The van der Waals surface area contributed by atoms with Crippen LogP contribution in [0.2, 0.25) is 0 Å². The van der Waals surface area contributed by atoms with E-state index < -0.39 is 0 Å². The third kappa shape index (κ3) is 2.16. The van der Waals surface area contributed by atoms with Gasteiger partial charge in [0, 0.05) is 39.3 Å². The molecule has 1 amide bonds. The van der Waals surface area contributed by atoms with Gasteiger partial charge >= 0.3 is 0 Å². The van der Waals surface area contributed by atoms with E-state index >= 15 is 0 Å². The fraction of sp³-hybridized carbons (Fsp3) is 0.467. The van der Waals surface area contributed by atoms with E-state index in [2.05, 4.69) is 4.90 Å². The number of carbonyl (C=O) groups excluding carboxylic acids is 1.